The maximum Gasteiger partial charge on any atom is 0.271 e. The van der Waals surface area contributed by atoms with Gasteiger partial charge in [0.15, 0.2) is 0 Å². The summed E-state index contributed by atoms with van der Waals surface area (Å²) >= 11 is 6.94. The summed E-state index contributed by atoms with van der Waals surface area (Å²) in [6.45, 7) is 0. The van der Waals surface area contributed by atoms with Crippen LogP contribution in [0.5, 0.6) is 0 Å². The first-order valence-electron chi connectivity index (χ1n) is 6.03. The zero-order valence-corrected chi connectivity index (χ0v) is 12.7. The molecule has 0 amide bonds. The number of sulfonamides is 1. The van der Waals surface area contributed by atoms with E-state index in [-0.39, 0.29) is 10.7 Å². The Bertz CT molecular complexity index is 753. The summed E-state index contributed by atoms with van der Waals surface area (Å²) in [6.07, 6.45) is 2.03. The minimum Gasteiger partial charge on any atom is -0.277 e. The molecule has 3 rings (SSSR count). The number of benzene rings is 1. The van der Waals surface area contributed by atoms with E-state index in [0.29, 0.717) is 10.1 Å². The topological polar surface area (TPSA) is 46.2 Å². The standard InChI is InChI=1S/C13H11ClFNO2S2/c14-12-10(15)2-1-3-11(12)16-20(17,18)13-9(6-7-19-13)8-4-5-8/h1-3,6-8,16H,4-5H2. The Labute approximate surface area is 125 Å². The zero-order valence-electron chi connectivity index (χ0n) is 10.3. The van der Waals surface area contributed by atoms with Crippen LogP contribution in [-0.4, -0.2) is 8.42 Å². The number of thiophene rings is 1. The number of rotatable bonds is 4. The molecule has 1 aromatic heterocycles. The normalized spacial score (nSPS) is 15.3. The van der Waals surface area contributed by atoms with Gasteiger partial charge in [0.1, 0.15) is 15.0 Å². The van der Waals surface area contributed by atoms with Crippen LogP contribution in [0.25, 0.3) is 0 Å². The lowest BCUT2D eigenvalue weighted by molar-refractivity contribution is 0.602. The van der Waals surface area contributed by atoms with Crippen LogP contribution in [0.3, 0.4) is 0 Å². The van der Waals surface area contributed by atoms with E-state index in [4.69, 9.17) is 11.6 Å². The highest BCUT2D eigenvalue weighted by Crippen LogP contribution is 2.45. The van der Waals surface area contributed by atoms with Crippen molar-refractivity contribution in [2.24, 2.45) is 0 Å². The van der Waals surface area contributed by atoms with Gasteiger partial charge >= 0.3 is 0 Å². The fourth-order valence-corrected chi connectivity index (χ4v) is 4.83. The lowest BCUT2D eigenvalue weighted by atomic mass is 10.2. The van der Waals surface area contributed by atoms with Gasteiger partial charge in [0.2, 0.25) is 0 Å². The van der Waals surface area contributed by atoms with Gasteiger partial charge < -0.3 is 0 Å². The highest BCUT2D eigenvalue weighted by molar-refractivity contribution is 7.94. The predicted molar refractivity (Wildman–Crippen MR) is 78.5 cm³/mol. The van der Waals surface area contributed by atoms with Gasteiger partial charge in [0.25, 0.3) is 10.0 Å². The van der Waals surface area contributed by atoms with E-state index < -0.39 is 15.8 Å². The van der Waals surface area contributed by atoms with Crippen LogP contribution in [-0.2, 0) is 10.0 Å². The summed E-state index contributed by atoms with van der Waals surface area (Å²) in [5, 5.41) is 1.54. The Morgan fingerprint density at radius 1 is 1.30 bits per heavy atom. The SMILES string of the molecule is O=S(=O)(Nc1cccc(F)c1Cl)c1sccc1C1CC1. The molecular weight excluding hydrogens is 321 g/mol. The molecular formula is C13H11ClFNO2S2. The van der Waals surface area contributed by atoms with E-state index in [2.05, 4.69) is 4.72 Å². The molecule has 3 nitrogen and oxygen atoms in total. The van der Waals surface area contributed by atoms with Crippen LogP contribution in [0.15, 0.2) is 33.9 Å². The van der Waals surface area contributed by atoms with Gasteiger partial charge in [0, 0.05) is 0 Å². The predicted octanol–water partition coefficient (Wildman–Crippen LogP) is 4.22. The third-order valence-electron chi connectivity index (χ3n) is 3.12. The van der Waals surface area contributed by atoms with Crippen molar-refractivity contribution in [3.05, 3.63) is 46.0 Å². The molecule has 0 atom stereocenters. The summed E-state index contributed by atoms with van der Waals surface area (Å²) < 4.78 is 40.8. The third kappa shape index (κ3) is 2.55. The molecule has 2 aromatic rings. The Hall–Kier alpha value is -1.11. The van der Waals surface area contributed by atoms with Gasteiger partial charge in [0.05, 0.1) is 5.69 Å². The number of nitrogens with one attached hydrogen (secondary N) is 1. The largest absolute Gasteiger partial charge is 0.277 e. The Kier molecular flexibility index (Phi) is 3.48. The maximum absolute atomic E-state index is 13.4. The van der Waals surface area contributed by atoms with Gasteiger partial charge in [-0.15, -0.1) is 11.3 Å². The highest BCUT2D eigenvalue weighted by Gasteiger charge is 2.31. The van der Waals surface area contributed by atoms with E-state index in [1.807, 2.05) is 6.07 Å². The molecule has 1 aliphatic carbocycles. The molecule has 20 heavy (non-hydrogen) atoms. The van der Waals surface area contributed by atoms with E-state index in [9.17, 15) is 12.8 Å². The van der Waals surface area contributed by atoms with Gasteiger partial charge in [-0.2, -0.15) is 0 Å². The van der Waals surface area contributed by atoms with Crippen molar-refractivity contribution in [3.8, 4) is 0 Å². The fraction of sp³-hybridized carbons (Fsp3) is 0.231. The molecule has 1 aliphatic rings. The first-order valence-corrected chi connectivity index (χ1v) is 8.77. The van der Waals surface area contributed by atoms with Crippen molar-refractivity contribution in [3.63, 3.8) is 0 Å². The molecule has 0 bridgehead atoms. The van der Waals surface area contributed by atoms with E-state index in [1.54, 1.807) is 5.38 Å². The Balaban J connectivity index is 1.96. The molecule has 0 unspecified atom stereocenters. The molecule has 106 valence electrons. The lowest BCUT2D eigenvalue weighted by Crippen LogP contribution is -2.13. The zero-order chi connectivity index (χ0) is 14.3. The van der Waals surface area contributed by atoms with E-state index in [0.717, 1.165) is 18.4 Å². The van der Waals surface area contributed by atoms with Crippen molar-refractivity contribution >= 4 is 38.6 Å². The van der Waals surface area contributed by atoms with Crippen LogP contribution >= 0.6 is 22.9 Å². The minimum absolute atomic E-state index is 0.0572. The number of halogens is 2. The molecule has 1 heterocycles. The van der Waals surface area contributed by atoms with Crippen molar-refractivity contribution in [1.29, 1.82) is 0 Å². The molecule has 0 radical (unpaired) electrons. The summed E-state index contributed by atoms with van der Waals surface area (Å²) in [6, 6.07) is 5.87. The van der Waals surface area contributed by atoms with Crippen molar-refractivity contribution in [1.82, 2.24) is 0 Å². The molecule has 7 heteroatoms. The summed E-state index contributed by atoms with van der Waals surface area (Å²) in [5.74, 6) is -0.323. The first-order chi connectivity index (χ1) is 9.49. The van der Waals surface area contributed by atoms with Crippen LogP contribution in [0.1, 0.15) is 24.3 Å². The van der Waals surface area contributed by atoms with Crippen LogP contribution in [0, 0.1) is 5.82 Å². The van der Waals surface area contributed by atoms with Crippen molar-refractivity contribution in [2.75, 3.05) is 4.72 Å². The Morgan fingerprint density at radius 2 is 2.05 bits per heavy atom. The summed E-state index contributed by atoms with van der Waals surface area (Å²) in [5.41, 5.74) is 0.900. The molecule has 1 N–H and O–H groups in total. The summed E-state index contributed by atoms with van der Waals surface area (Å²) in [4.78, 5) is 0. The van der Waals surface area contributed by atoms with Crippen molar-refractivity contribution in [2.45, 2.75) is 23.0 Å². The second kappa shape index (κ2) is 5.02. The molecule has 1 saturated carbocycles. The fourth-order valence-electron chi connectivity index (χ4n) is 1.99. The third-order valence-corrected chi connectivity index (χ3v) is 6.38. The average Bonchev–Trinajstić information content (AvgIpc) is 3.11. The van der Waals surface area contributed by atoms with E-state index >= 15 is 0 Å². The molecule has 0 spiro atoms. The monoisotopic (exact) mass is 331 g/mol. The van der Waals surface area contributed by atoms with Gasteiger partial charge in [-0.3, -0.25) is 4.72 Å². The molecule has 1 aromatic carbocycles. The average molecular weight is 332 g/mol. The highest BCUT2D eigenvalue weighted by atomic mass is 35.5. The maximum atomic E-state index is 13.4. The van der Waals surface area contributed by atoms with Crippen LogP contribution in [0.2, 0.25) is 5.02 Å². The Morgan fingerprint density at radius 3 is 2.75 bits per heavy atom. The molecule has 0 saturated heterocycles. The first kappa shape index (κ1) is 13.9. The van der Waals surface area contributed by atoms with Gasteiger partial charge in [-0.25, -0.2) is 12.8 Å². The van der Waals surface area contributed by atoms with Crippen LogP contribution < -0.4 is 4.72 Å². The second-order valence-electron chi connectivity index (χ2n) is 4.64. The lowest BCUT2D eigenvalue weighted by Gasteiger charge is -2.10. The van der Waals surface area contributed by atoms with Crippen molar-refractivity contribution < 1.29 is 12.8 Å². The molecule has 0 aliphatic heterocycles. The smallest absolute Gasteiger partial charge is 0.271 e. The minimum atomic E-state index is -3.73. The van der Waals surface area contributed by atoms with E-state index in [1.165, 1.54) is 29.5 Å². The number of anilines is 1. The quantitative estimate of drug-likeness (QED) is 0.911. The summed E-state index contributed by atoms with van der Waals surface area (Å²) in [7, 11) is -3.73. The van der Waals surface area contributed by atoms with Crippen LogP contribution in [0.4, 0.5) is 10.1 Å². The molecule has 1 fully saturated rings. The number of hydrogen-bond donors (Lipinski definition) is 1. The second-order valence-corrected chi connectivity index (χ2v) is 7.82. The van der Waals surface area contributed by atoms with Gasteiger partial charge in [-0.05, 0) is 47.9 Å². The number of hydrogen-bond acceptors (Lipinski definition) is 3. The van der Waals surface area contributed by atoms with Gasteiger partial charge in [-0.1, -0.05) is 17.7 Å².